The van der Waals surface area contributed by atoms with Gasteiger partial charge in [0.25, 0.3) is 0 Å². The largest absolute Gasteiger partial charge is 0.423 e. The number of anilines is 1. The van der Waals surface area contributed by atoms with Gasteiger partial charge in [-0.3, -0.25) is 0 Å². The van der Waals surface area contributed by atoms with E-state index in [9.17, 15) is 18.0 Å². The third-order valence-electron chi connectivity index (χ3n) is 6.12. The van der Waals surface area contributed by atoms with Gasteiger partial charge in [-0.2, -0.15) is 18.3 Å². The molecule has 0 radical (unpaired) electrons. The molecule has 9 nitrogen and oxygen atoms in total. The first kappa shape index (κ1) is 22.7. The lowest BCUT2D eigenvalue weighted by molar-refractivity contribution is -0.137. The normalized spacial score (nSPS) is 24.8. The van der Waals surface area contributed by atoms with Crippen molar-refractivity contribution in [1.82, 2.24) is 20.5 Å². The summed E-state index contributed by atoms with van der Waals surface area (Å²) in [5, 5.41) is 22.0. The number of urea groups is 1. The number of hydrogen-bond donors (Lipinski definition) is 3. The second-order valence-corrected chi connectivity index (χ2v) is 8.48. The highest BCUT2D eigenvalue weighted by Gasteiger charge is 2.62. The Kier molecular flexibility index (Phi) is 5.62. The van der Waals surface area contributed by atoms with E-state index in [1.54, 1.807) is 11.8 Å². The fourth-order valence-corrected chi connectivity index (χ4v) is 4.99. The summed E-state index contributed by atoms with van der Waals surface area (Å²) in [6.07, 6.45) is -1.77. The van der Waals surface area contributed by atoms with Crippen molar-refractivity contribution in [2.45, 2.75) is 50.9 Å². The Hall–Kier alpha value is -3.44. The highest BCUT2D eigenvalue weighted by atomic mass is 19.4. The van der Waals surface area contributed by atoms with Gasteiger partial charge in [0, 0.05) is 43.9 Å². The molecule has 0 spiro atoms. The first-order valence-corrected chi connectivity index (χ1v) is 10.5. The molecule has 2 amide bonds. The van der Waals surface area contributed by atoms with E-state index in [4.69, 9.17) is 9.83 Å². The lowest BCUT2D eigenvalue weighted by Crippen LogP contribution is -2.70. The summed E-state index contributed by atoms with van der Waals surface area (Å²) >= 11 is 0. The molecule has 1 aromatic heterocycles. The molecule has 2 aliphatic rings. The minimum Gasteiger partial charge on any atom is -0.423 e. The SMILES string of the molecule is CN/N=C(\C=N)c1cc(NC(=O)N2[C@@H]3C[C@@H](C)C[C@@]2(c2nnc(C)o2)C3)ccc1C(F)(F)F. The Morgan fingerprint density at radius 3 is 2.73 bits per heavy atom. The summed E-state index contributed by atoms with van der Waals surface area (Å²) in [6.45, 7) is 3.78. The molecule has 0 aliphatic carbocycles. The van der Waals surface area contributed by atoms with Crippen molar-refractivity contribution in [3.63, 3.8) is 0 Å². The smallest absolute Gasteiger partial charge is 0.417 e. The van der Waals surface area contributed by atoms with Gasteiger partial charge < -0.3 is 25.5 Å². The molecule has 1 aromatic carbocycles. The molecule has 12 heteroatoms. The molecule has 2 bridgehead atoms. The Balaban J connectivity index is 1.66. The van der Waals surface area contributed by atoms with E-state index < -0.39 is 23.3 Å². The number of halogens is 3. The zero-order chi connectivity index (χ0) is 24.0. The van der Waals surface area contributed by atoms with Crippen LogP contribution < -0.4 is 10.7 Å². The fourth-order valence-electron chi connectivity index (χ4n) is 4.99. The van der Waals surface area contributed by atoms with Gasteiger partial charge in [0.2, 0.25) is 11.8 Å². The van der Waals surface area contributed by atoms with Crippen LogP contribution >= 0.6 is 0 Å². The fraction of sp³-hybridized carbons (Fsp3) is 0.476. The van der Waals surface area contributed by atoms with Gasteiger partial charge >= 0.3 is 12.2 Å². The van der Waals surface area contributed by atoms with Crippen LogP contribution in [-0.2, 0) is 11.7 Å². The molecule has 3 atom stereocenters. The topological polar surface area (TPSA) is 120 Å². The highest BCUT2D eigenvalue weighted by molar-refractivity contribution is 6.37. The number of rotatable bonds is 5. The number of carbonyl (C=O) groups excluding carboxylic acids is 1. The minimum atomic E-state index is -4.65. The van der Waals surface area contributed by atoms with E-state index >= 15 is 0 Å². The molecule has 2 aliphatic heterocycles. The molecular weight excluding hydrogens is 439 g/mol. The van der Waals surface area contributed by atoms with Gasteiger partial charge in [0.15, 0.2) is 0 Å². The zero-order valence-corrected chi connectivity index (χ0v) is 18.3. The second kappa shape index (κ2) is 8.16. The number of benzene rings is 1. The van der Waals surface area contributed by atoms with Crippen molar-refractivity contribution in [2.24, 2.45) is 11.0 Å². The number of hydrazone groups is 1. The van der Waals surface area contributed by atoms with E-state index in [1.807, 2.05) is 0 Å². The van der Waals surface area contributed by atoms with Crippen LogP contribution in [0.5, 0.6) is 0 Å². The molecule has 33 heavy (non-hydrogen) atoms. The van der Waals surface area contributed by atoms with Crippen LogP contribution in [0.25, 0.3) is 0 Å². The van der Waals surface area contributed by atoms with Crippen molar-refractivity contribution in [3.8, 4) is 0 Å². The Labute approximate surface area is 187 Å². The number of carbonyl (C=O) groups is 1. The molecule has 2 aromatic rings. The Morgan fingerprint density at radius 1 is 1.36 bits per heavy atom. The van der Waals surface area contributed by atoms with Gasteiger partial charge in [-0.05, 0) is 37.0 Å². The third-order valence-corrected chi connectivity index (χ3v) is 6.12. The van der Waals surface area contributed by atoms with Gasteiger partial charge in [-0.25, -0.2) is 4.79 Å². The predicted octanol–water partition coefficient (Wildman–Crippen LogP) is 3.90. The van der Waals surface area contributed by atoms with Crippen LogP contribution in [0.15, 0.2) is 27.7 Å². The lowest BCUT2D eigenvalue weighted by atomic mass is 9.64. The zero-order valence-electron chi connectivity index (χ0n) is 18.3. The number of nitrogens with one attached hydrogen (secondary N) is 3. The molecule has 2 saturated heterocycles. The number of fused-ring (bicyclic) bond motifs is 2. The summed E-state index contributed by atoms with van der Waals surface area (Å²) in [4.78, 5) is 14.9. The van der Waals surface area contributed by atoms with E-state index in [0.29, 0.717) is 30.5 Å². The van der Waals surface area contributed by atoms with E-state index in [1.165, 1.54) is 19.2 Å². The standard InChI is InChI=1S/C21H24F3N7O2/c1-11-6-14-9-20(8-11,18-30-28-12(2)33-18)31(14)19(32)27-13-4-5-16(21(22,23)24)15(7-13)17(10-25)29-26-3/h4-5,7,10-11,14,25-26H,6,8-9H2,1-3H3,(H,27,32)/b25-10?,29-17+/t11-,14-,20+/m1/s1. The first-order chi connectivity index (χ1) is 15.6. The number of alkyl halides is 3. The van der Waals surface area contributed by atoms with Gasteiger partial charge in [-0.15, -0.1) is 10.2 Å². The quantitative estimate of drug-likeness (QED) is 0.459. The maximum Gasteiger partial charge on any atom is 0.417 e. The monoisotopic (exact) mass is 463 g/mol. The predicted molar refractivity (Wildman–Crippen MR) is 114 cm³/mol. The number of aryl methyl sites for hydroxylation is 1. The lowest BCUT2D eigenvalue weighted by Gasteiger charge is -2.61. The molecule has 4 rings (SSSR count). The molecule has 0 saturated carbocycles. The van der Waals surface area contributed by atoms with Crippen LogP contribution in [0, 0.1) is 18.3 Å². The van der Waals surface area contributed by atoms with Crippen molar-refractivity contribution in [2.75, 3.05) is 12.4 Å². The summed E-state index contributed by atoms with van der Waals surface area (Å²) in [5.41, 5.74) is 0.346. The summed E-state index contributed by atoms with van der Waals surface area (Å²) in [7, 11) is 1.42. The Morgan fingerprint density at radius 2 is 2.12 bits per heavy atom. The third kappa shape index (κ3) is 3.93. The number of amides is 2. The number of piperidine rings is 1. The highest BCUT2D eigenvalue weighted by Crippen LogP contribution is 2.55. The van der Waals surface area contributed by atoms with Crippen LogP contribution in [0.2, 0.25) is 0 Å². The second-order valence-electron chi connectivity index (χ2n) is 8.48. The molecule has 3 N–H and O–H groups in total. The van der Waals surface area contributed by atoms with Crippen LogP contribution in [0.1, 0.15) is 49.1 Å². The van der Waals surface area contributed by atoms with Crippen molar-refractivity contribution in [1.29, 1.82) is 5.41 Å². The summed E-state index contributed by atoms with van der Waals surface area (Å²) < 4.78 is 46.3. The van der Waals surface area contributed by atoms with E-state index in [0.717, 1.165) is 18.7 Å². The number of nitrogens with zero attached hydrogens (tertiary/aromatic N) is 4. The number of aromatic nitrogens is 2. The van der Waals surface area contributed by atoms with Crippen LogP contribution in [0.3, 0.4) is 0 Å². The molecule has 2 fully saturated rings. The molecule has 176 valence electrons. The molecule has 0 unspecified atom stereocenters. The van der Waals surface area contributed by atoms with Gasteiger partial charge in [0.05, 0.1) is 5.56 Å². The maximum absolute atomic E-state index is 13.5. The van der Waals surface area contributed by atoms with Crippen molar-refractivity contribution < 1.29 is 22.4 Å². The minimum absolute atomic E-state index is 0.0298. The maximum atomic E-state index is 13.5. The first-order valence-electron chi connectivity index (χ1n) is 10.5. The van der Waals surface area contributed by atoms with Gasteiger partial charge in [0.1, 0.15) is 11.3 Å². The summed E-state index contributed by atoms with van der Waals surface area (Å²) in [6, 6.07) is 2.74. The summed E-state index contributed by atoms with van der Waals surface area (Å²) in [5.74, 6) is 1.13. The van der Waals surface area contributed by atoms with Crippen molar-refractivity contribution >= 4 is 23.6 Å². The van der Waals surface area contributed by atoms with Crippen LogP contribution in [0.4, 0.5) is 23.7 Å². The van der Waals surface area contributed by atoms with Crippen molar-refractivity contribution in [3.05, 3.63) is 41.1 Å². The molecule has 3 heterocycles. The van der Waals surface area contributed by atoms with Gasteiger partial charge in [-0.1, -0.05) is 6.92 Å². The number of hydrogen-bond acceptors (Lipinski definition) is 7. The van der Waals surface area contributed by atoms with E-state index in [-0.39, 0.29) is 23.0 Å². The van der Waals surface area contributed by atoms with Crippen LogP contribution in [-0.4, -0.2) is 46.1 Å². The molecular formula is C21H24F3N7O2. The van der Waals surface area contributed by atoms with E-state index in [2.05, 4.69) is 33.0 Å². The average molecular weight is 463 g/mol. The average Bonchev–Trinajstić information content (AvgIpc) is 3.17. The Bertz CT molecular complexity index is 1110.